The number of carboxylic acids is 1. The predicted octanol–water partition coefficient (Wildman–Crippen LogP) is 4.39. The number of aryl methyl sites for hydroxylation is 1. The van der Waals surface area contributed by atoms with E-state index in [-0.39, 0.29) is 6.54 Å². The van der Waals surface area contributed by atoms with Gasteiger partial charge in [0, 0.05) is 6.54 Å². The van der Waals surface area contributed by atoms with E-state index in [4.69, 9.17) is 34.0 Å². The van der Waals surface area contributed by atoms with Gasteiger partial charge in [-0.3, -0.25) is 4.79 Å². The summed E-state index contributed by atoms with van der Waals surface area (Å²) in [5.74, 6) is -0.855. The molecule has 1 rings (SSSR count). The first-order chi connectivity index (χ1) is 9.99. The number of hydrogen-bond acceptors (Lipinski definition) is 2. The molecule has 1 aromatic carbocycles. The van der Waals surface area contributed by atoms with Gasteiger partial charge in [-0.1, -0.05) is 55.1 Å². The Kier molecular flexibility index (Phi) is 8.09. The maximum atomic E-state index is 11.0. The van der Waals surface area contributed by atoms with E-state index in [0.29, 0.717) is 22.4 Å². The molecule has 1 aromatic rings. The van der Waals surface area contributed by atoms with Crippen molar-refractivity contribution >= 4 is 29.2 Å². The molecule has 0 amide bonds. The van der Waals surface area contributed by atoms with E-state index < -0.39 is 11.9 Å². The Morgan fingerprint density at radius 3 is 2.67 bits per heavy atom. The van der Waals surface area contributed by atoms with Crippen molar-refractivity contribution in [3.05, 3.63) is 33.8 Å². The number of hydrogen-bond donors (Lipinski definition) is 2. The lowest BCUT2D eigenvalue weighted by molar-refractivity contribution is -0.142. The summed E-state index contributed by atoms with van der Waals surface area (Å²) < 4.78 is 0. The van der Waals surface area contributed by atoms with Crippen LogP contribution in [0.25, 0.3) is 0 Å². The average molecular weight is 332 g/mol. The van der Waals surface area contributed by atoms with Crippen LogP contribution in [0.15, 0.2) is 18.2 Å². The fourth-order valence-electron chi connectivity index (χ4n) is 2.51. The Labute approximate surface area is 136 Å². The second-order valence-corrected chi connectivity index (χ2v) is 6.17. The van der Waals surface area contributed by atoms with E-state index in [1.54, 1.807) is 6.07 Å². The standard InChI is InChI=1S/C16H23Cl2NO2/c1-2-11(9-13(10-19)16(20)21)5-3-6-12-7-4-8-14(17)15(12)18/h4,7-8,11,13H,2-3,5-6,9-10,19H2,1H3,(H,20,21). The van der Waals surface area contributed by atoms with E-state index in [2.05, 4.69) is 6.92 Å². The second-order valence-electron chi connectivity index (χ2n) is 5.39. The van der Waals surface area contributed by atoms with Gasteiger partial charge in [0.25, 0.3) is 0 Å². The second kappa shape index (κ2) is 9.29. The van der Waals surface area contributed by atoms with Crippen molar-refractivity contribution in [2.24, 2.45) is 17.6 Å². The third-order valence-electron chi connectivity index (χ3n) is 3.92. The number of carboxylic acid groups (broad SMARTS) is 1. The van der Waals surface area contributed by atoms with Gasteiger partial charge < -0.3 is 10.8 Å². The van der Waals surface area contributed by atoms with E-state index in [1.807, 2.05) is 12.1 Å². The molecule has 3 N–H and O–H groups in total. The highest BCUT2D eigenvalue weighted by Crippen LogP contribution is 2.28. The molecule has 0 bridgehead atoms. The van der Waals surface area contributed by atoms with Crippen LogP contribution in [0.3, 0.4) is 0 Å². The van der Waals surface area contributed by atoms with Crippen LogP contribution in [0.2, 0.25) is 10.0 Å². The summed E-state index contributed by atoms with van der Waals surface area (Å²) >= 11 is 12.2. The maximum absolute atomic E-state index is 11.0. The molecule has 0 radical (unpaired) electrons. The Morgan fingerprint density at radius 1 is 1.38 bits per heavy atom. The summed E-state index contributed by atoms with van der Waals surface area (Å²) in [7, 11) is 0. The van der Waals surface area contributed by atoms with Crippen LogP contribution < -0.4 is 5.73 Å². The van der Waals surface area contributed by atoms with Crippen LogP contribution in [0.5, 0.6) is 0 Å². The molecule has 0 fully saturated rings. The quantitative estimate of drug-likeness (QED) is 0.705. The molecule has 5 heteroatoms. The molecule has 3 nitrogen and oxygen atoms in total. The number of aliphatic carboxylic acids is 1. The van der Waals surface area contributed by atoms with Gasteiger partial charge in [-0.05, 0) is 36.8 Å². The Bertz CT molecular complexity index is 466. The smallest absolute Gasteiger partial charge is 0.307 e. The maximum Gasteiger partial charge on any atom is 0.307 e. The van der Waals surface area contributed by atoms with Crippen LogP contribution in [-0.4, -0.2) is 17.6 Å². The molecule has 0 aliphatic carbocycles. The molecule has 2 atom stereocenters. The molecule has 0 saturated carbocycles. The zero-order valence-corrected chi connectivity index (χ0v) is 13.8. The summed E-state index contributed by atoms with van der Waals surface area (Å²) in [6, 6.07) is 5.66. The van der Waals surface area contributed by atoms with Crippen LogP contribution in [0.4, 0.5) is 0 Å². The molecule has 0 aliphatic heterocycles. The van der Waals surface area contributed by atoms with Crippen molar-refractivity contribution < 1.29 is 9.90 Å². The Morgan fingerprint density at radius 2 is 2.10 bits per heavy atom. The van der Waals surface area contributed by atoms with Crippen molar-refractivity contribution in [1.29, 1.82) is 0 Å². The van der Waals surface area contributed by atoms with Crippen LogP contribution in [0, 0.1) is 11.8 Å². The minimum atomic E-state index is -0.797. The molecule has 0 saturated heterocycles. The zero-order valence-electron chi connectivity index (χ0n) is 12.3. The van der Waals surface area contributed by atoms with Crippen molar-refractivity contribution in [3.8, 4) is 0 Å². The highest BCUT2D eigenvalue weighted by molar-refractivity contribution is 6.42. The topological polar surface area (TPSA) is 63.3 Å². The minimum Gasteiger partial charge on any atom is -0.481 e. The molecule has 0 aliphatic rings. The van der Waals surface area contributed by atoms with Crippen molar-refractivity contribution in [2.45, 2.75) is 39.0 Å². The summed E-state index contributed by atoms with van der Waals surface area (Å²) in [5, 5.41) is 10.3. The number of benzene rings is 1. The van der Waals surface area contributed by atoms with Crippen LogP contribution in [-0.2, 0) is 11.2 Å². The van der Waals surface area contributed by atoms with Crippen molar-refractivity contribution in [1.82, 2.24) is 0 Å². The van der Waals surface area contributed by atoms with Gasteiger partial charge in [0.15, 0.2) is 0 Å². The fourth-order valence-corrected chi connectivity index (χ4v) is 2.93. The van der Waals surface area contributed by atoms with Crippen LogP contribution in [0.1, 0.15) is 38.2 Å². The number of halogens is 2. The van der Waals surface area contributed by atoms with E-state index >= 15 is 0 Å². The van der Waals surface area contributed by atoms with Gasteiger partial charge in [-0.25, -0.2) is 0 Å². The first-order valence-corrected chi connectivity index (χ1v) is 8.10. The first kappa shape index (κ1) is 18.3. The molecule has 21 heavy (non-hydrogen) atoms. The summed E-state index contributed by atoms with van der Waals surface area (Å²) in [5.41, 5.74) is 6.57. The van der Waals surface area contributed by atoms with Crippen molar-refractivity contribution in [3.63, 3.8) is 0 Å². The Hall–Kier alpha value is -0.770. The van der Waals surface area contributed by atoms with Gasteiger partial charge >= 0.3 is 5.97 Å². The van der Waals surface area contributed by atoms with Gasteiger partial charge in [-0.15, -0.1) is 0 Å². The molecule has 2 unspecified atom stereocenters. The predicted molar refractivity (Wildman–Crippen MR) is 88.0 cm³/mol. The zero-order chi connectivity index (χ0) is 15.8. The normalized spacial score (nSPS) is 13.9. The third kappa shape index (κ3) is 5.85. The van der Waals surface area contributed by atoms with Gasteiger partial charge in [-0.2, -0.15) is 0 Å². The van der Waals surface area contributed by atoms with Gasteiger partial charge in [0.1, 0.15) is 0 Å². The molecule has 0 heterocycles. The average Bonchev–Trinajstić information content (AvgIpc) is 2.46. The molecule has 0 spiro atoms. The Balaban J connectivity index is 2.48. The van der Waals surface area contributed by atoms with Crippen molar-refractivity contribution in [2.75, 3.05) is 6.54 Å². The lowest BCUT2D eigenvalue weighted by atomic mass is 9.88. The highest BCUT2D eigenvalue weighted by Gasteiger charge is 2.20. The summed E-state index contributed by atoms with van der Waals surface area (Å²) in [6.45, 7) is 2.29. The van der Waals surface area contributed by atoms with E-state index in [1.165, 1.54) is 0 Å². The lowest BCUT2D eigenvalue weighted by Gasteiger charge is -2.19. The first-order valence-electron chi connectivity index (χ1n) is 7.35. The molecule has 0 aromatic heterocycles. The minimum absolute atomic E-state index is 0.200. The molecular weight excluding hydrogens is 309 g/mol. The SMILES string of the molecule is CCC(CCCc1cccc(Cl)c1Cl)CC(CN)C(=O)O. The third-order valence-corrected chi connectivity index (χ3v) is 4.78. The number of rotatable bonds is 9. The highest BCUT2D eigenvalue weighted by atomic mass is 35.5. The van der Waals surface area contributed by atoms with E-state index in [0.717, 1.165) is 31.2 Å². The number of nitrogens with two attached hydrogens (primary N) is 1. The lowest BCUT2D eigenvalue weighted by Crippen LogP contribution is -2.25. The number of carbonyl (C=O) groups is 1. The monoisotopic (exact) mass is 331 g/mol. The fraction of sp³-hybridized carbons (Fsp3) is 0.562. The van der Waals surface area contributed by atoms with Gasteiger partial charge in [0.2, 0.25) is 0 Å². The van der Waals surface area contributed by atoms with E-state index in [9.17, 15) is 4.79 Å². The van der Waals surface area contributed by atoms with Gasteiger partial charge in [0.05, 0.1) is 16.0 Å². The molecular formula is C16H23Cl2NO2. The summed E-state index contributed by atoms with van der Waals surface area (Å²) in [6.07, 6.45) is 4.41. The molecule has 118 valence electrons. The summed E-state index contributed by atoms with van der Waals surface area (Å²) in [4.78, 5) is 11.0. The van der Waals surface area contributed by atoms with Crippen LogP contribution >= 0.6 is 23.2 Å². The largest absolute Gasteiger partial charge is 0.481 e.